The molecular weight excluding hydrogens is 300 g/mol. The van der Waals surface area contributed by atoms with E-state index in [1.165, 1.54) is 0 Å². The number of aromatic amines is 1. The Balaban J connectivity index is 2.19. The minimum absolute atomic E-state index is 0.214. The number of H-pyrrole nitrogens is 1. The molecule has 1 amide bonds. The van der Waals surface area contributed by atoms with Crippen molar-refractivity contribution in [3.63, 3.8) is 0 Å². The van der Waals surface area contributed by atoms with Gasteiger partial charge in [-0.2, -0.15) is 0 Å². The molecule has 0 atom stereocenters. The van der Waals surface area contributed by atoms with Crippen LogP contribution in [-0.4, -0.2) is 22.9 Å². The molecule has 0 spiro atoms. The quantitative estimate of drug-likeness (QED) is 0.496. The monoisotopic (exact) mass is 316 g/mol. The van der Waals surface area contributed by atoms with Gasteiger partial charge in [-0.15, -0.1) is 0 Å². The van der Waals surface area contributed by atoms with Gasteiger partial charge in [0.2, 0.25) is 0 Å². The van der Waals surface area contributed by atoms with E-state index in [2.05, 4.69) is 15.3 Å². The van der Waals surface area contributed by atoms with E-state index in [-0.39, 0.29) is 5.91 Å². The van der Waals surface area contributed by atoms with Gasteiger partial charge in [-0.1, -0.05) is 30.3 Å². The van der Waals surface area contributed by atoms with Crippen LogP contribution in [0, 0.1) is 0 Å². The molecule has 0 aliphatic carbocycles. The lowest BCUT2D eigenvalue weighted by Crippen LogP contribution is -2.20. The Morgan fingerprint density at radius 1 is 1.12 bits per heavy atom. The number of rotatable bonds is 2. The number of nitrogens with one attached hydrogen (secondary N) is 2. The number of nitrogens with zero attached hydrogens (tertiary/aromatic N) is 1. The predicted molar refractivity (Wildman–Crippen MR) is 96.8 cm³/mol. The van der Waals surface area contributed by atoms with Crippen LogP contribution in [-0.2, 0) is 0 Å². The summed E-state index contributed by atoms with van der Waals surface area (Å²) in [4.78, 5) is 20.1. The number of hydrogen-bond acceptors (Lipinski definition) is 3. The van der Waals surface area contributed by atoms with E-state index >= 15 is 0 Å². The Hall–Kier alpha value is -3.34. The first-order chi connectivity index (χ1) is 11.7. The molecule has 0 unspecified atom stereocenters. The number of anilines is 1. The van der Waals surface area contributed by atoms with Gasteiger partial charge in [-0.05, 0) is 23.8 Å². The minimum Gasteiger partial charge on any atom is -0.399 e. The Labute approximate surface area is 138 Å². The lowest BCUT2D eigenvalue weighted by atomic mass is 9.97. The van der Waals surface area contributed by atoms with E-state index in [0.29, 0.717) is 11.4 Å². The van der Waals surface area contributed by atoms with Crippen molar-refractivity contribution in [1.82, 2.24) is 15.3 Å². The number of amides is 1. The maximum atomic E-state index is 12.4. The number of carbonyl (C=O) groups excluding carboxylic acids is 1. The second-order valence-corrected chi connectivity index (χ2v) is 5.65. The Morgan fingerprint density at radius 3 is 2.67 bits per heavy atom. The number of benzene rings is 2. The number of fused-ring (bicyclic) bond motifs is 3. The van der Waals surface area contributed by atoms with E-state index in [1.54, 1.807) is 13.2 Å². The van der Waals surface area contributed by atoms with Crippen molar-refractivity contribution in [1.29, 1.82) is 0 Å². The molecule has 2 heterocycles. The van der Waals surface area contributed by atoms with Gasteiger partial charge in [0, 0.05) is 34.6 Å². The largest absolute Gasteiger partial charge is 0.399 e. The number of hydrogen-bond donors (Lipinski definition) is 3. The molecule has 0 saturated carbocycles. The summed E-state index contributed by atoms with van der Waals surface area (Å²) in [5.74, 6) is -0.214. The molecule has 0 aliphatic rings. The molecule has 24 heavy (non-hydrogen) atoms. The third kappa shape index (κ3) is 2.10. The van der Waals surface area contributed by atoms with Crippen LogP contribution in [0.15, 0.2) is 54.7 Å². The summed E-state index contributed by atoms with van der Waals surface area (Å²) in [6.07, 6.45) is 1.70. The molecule has 0 bridgehead atoms. The SMILES string of the molecule is CNC(=O)c1ncc2[nH]c3ccc(N)cc3c2c1-c1ccccc1. The molecule has 5 heteroatoms. The van der Waals surface area contributed by atoms with E-state index in [0.717, 1.165) is 32.9 Å². The molecule has 4 aromatic rings. The fourth-order valence-electron chi connectivity index (χ4n) is 3.09. The van der Waals surface area contributed by atoms with Crippen molar-refractivity contribution in [3.05, 3.63) is 60.4 Å². The van der Waals surface area contributed by atoms with Crippen LogP contribution in [0.4, 0.5) is 5.69 Å². The molecule has 0 aliphatic heterocycles. The van der Waals surface area contributed by atoms with Gasteiger partial charge in [0.05, 0.1) is 11.7 Å². The van der Waals surface area contributed by atoms with Crippen molar-refractivity contribution < 1.29 is 4.79 Å². The highest BCUT2D eigenvalue weighted by molar-refractivity contribution is 6.18. The minimum atomic E-state index is -0.214. The van der Waals surface area contributed by atoms with E-state index in [4.69, 9.17) is 5.73 Å². The standard InChI is InChI=1S/C19H16N4O/c1-21-19(24)18-16(11-5-3-2-4-6-11)17-13-9-12(20)7-8-14(13)23-15(17)10-22-18/h2-10,23H,20H2,1H3,(H,21,24). The molecule has 0 saturated heterocycles. The third-order valence-electron chi connectivity index (χ3n) is 4.17. The molecule has 5 nitrogen and oxygen atoms in total. The molecule has 118 valence electrons. The van der Waals surface area contributed by atoms with Crippen LogP contribution in [0.2, 0.25) is 0 Å². The normalized spacial score (nSPS) is 11.0. The van der Waals surface area contributed by atoms with Gasteiger partial charge in [-0.25, -0.2) is 4.98 Å². The van der Waals surface area contributed by atoms with Gasteiger partial charge < -0.3 is 16.0 Å². The summed E-state index contributed by atoms with van der Waals surface area (Å²) < 4.78 is 0. The summed E-state index contributed by atoms with van der Waals surface area (Å²) in [6, 6.07) is 15.5. The van der Waals surface area contributed by atoms with Gasteiger partial charge in [0.1, 0.15) is 5.69 Å². The van der Waals surface area contributed by atoms with Crippen molar-refractivity contribution in [2.24, 2.45) is 0 Å². The number of aromatic nitrogens is 2. The highest BCUT2D eigenvalue weighted by atomic mass is 16.1. The van der Waals surface area contributed by atoms with Gasteiger partial charge in [0.25, 0.3) is 5.91 Å². The summed E-state index contributed by atoms with van der Waals surface area (Å²) >= 11 is 0. The van der Waals surface area contributed by atoms with Crippen LogP contribution in [0.3, 0.4) is 0 Å². The second-order valence-electron chi connectivity index (χ2n) is 5.65. The summed E-state index contributed by atoms with van der Waals surface area (Å²) in [5, 5.41) is 4.61. The van der Waals surface area contributed by atoms with Crippen molar-refractivity contribution in [3.8, 4) is 11.1 Å². The van der Waals surface area contributed by atoms with Crippen LogP contribution < -0.4 is 11.1 Å². The van der Waals surface area contributed by atoms with E-state index < -0.39 is 0 Å². The molecular formula is C19H16N4O. The molecule has 0 radical (unpaired) electrons. The Kier molecular flexibility index (Phi) is 3.20. The molecule has 0 fully saturated rings. The highest BCUT2D eigenvalue weighted by Gasteiger charge is 2.19. The Morgan fingerprint density at radius 2 is 1.92 bits per heavy atom. The topological polar surface area (TPSA) is 83.8 Å². The molecule has 4 rings (SSSR count). The van der Waals surface area contributed by atoms with Crippen LogP contribution in [0.25, 0.3) is 32.9 Å². The van der Waals surface area contributed by atoms with E-state index in [9.17, 15) is 4.79 Å². The van der Waals surface area contributed by atoms with Crippen molar-refractivity contribution >= 4 is 33.4 Å². The summed E-state index contributed by atoms with van der Waals surface area (Å²) in [6.45, 7) is 0. The molecule has 4 N–H and O–H groups in total. The first kappa shape index (κ1) is 14.3. The lowest BCUT2D eigenvalue weighted by molar-refractivity contribution is 0.0959. The van der Waals surface area contributed by atoms with Crippen molar-refractivity contribution in [2.75, 3.05) is 12.8 Å². The van der Waals surface area contributed by atoms with Crippen LogP contribution >= 0.6 is 0 Å². The fourth-order valence-corrected chi connectivity index (χ4v) is 3.09. The van der Waals surface area contributed by atoms with Crippen molar-refractivity contribution in [2.45, 2.75) is 0 Å². The first-order valence-electron chi connectivity index (χ1n) is 7.66. The molecule has 2 aromatic heterocycles. The third-order valence-corrected chi connectivity index (χ3v) is 4.17. The Bertz CT molecular complexity index is 1070. The number of nitrogens with two attached hydrogens (primary N) is 1. The number of carbonyl (C=O) groups is 1. The second kappa shape index (κ2) is 5.38. The average molecular weight is 316 g/mol. The van der Waals surface area contributed by atoms with Gasteiger partial charge in [-0.3, -0.25) is 4.79 Å². The summed E-state index contributed by atoms with van der Waals surface area (Å²) in [5.41, 5.74) is 10.7. The highest BCUT2D eigenvalue weighted by Crippen LogP contribution is 2.36. The first-order valence-corrected chi connectivity index (χ1v) is 7.66. The zero-order valence-corrected chi connectivity index (χ0v) is 13.1. The fraction of sp³-hybridized carbons (Fsp3) is 0.0526. The number of nitrogen functional groups attached to an aromatic ring is 1. The maximum Gasteiger partial charge on any atom is 0.270 e. The van der Waals surface area contributed by atoms with Crippen LogP contribution in [0.5, 0.6) is 0 Å². The average Bonchev–Trinajstić information content (AvgIpc) is 2.99. The maximum absolute atomic E-state index is 12.4. The lowest BCUT2D eigenvalue weighted by Gasteiger charge is -2.10. The van der Waals surface area contributed by atoms with Crippen LogP contribution in [0.1, 0.15) is 10.5 Å². The number of pyridine rings is 1. The summed E-state index contributed by atoms with van der Waals surface area (Å²) in [7, 11) is 1.61. The zero-order valence-electron chi connectivity index (χ0n) is 13.1. The zero-order chi connectivity index (χ0) is 16.7. The van der Waals surface area contributed by atoms with Gasteiger partial charge >= 0.3 is 0 Å². The smallest absolute Gasteiger partial charge is 0.270 e. The molecule has 2 aromatic carbocycles. The van der Waals surface area contributed by atoms with E-state index in [1.807, 2.05) is 48.5 Å². The van der Waals surface area contributed by atoms with Gasteiger partial charge in [0.15, 0.2) is 0 Å². The predicted octanol–water partition coefficient (Wildman–Crippen LogP) is 3.32.